The first-order chi connectivity index (χ1) is 12.7. The molecule has 1 N–H and O–H groups in total. The van der Waals surface area contributed by atoms with Gasteiger partial charge in [0.1, 0.15) is 5.82 Å². The van der Waals surface area contributed by atoms with E-state index >= 15 is 0 Å². The summed E-state index contributed by atoms with van der Waals surface area (Å²) in [5.41, 5.74) is 2.10. The Balaban J connectivity index is 1.49. The first-order valence-corrected chi connectivity index (χ1v) is 8.70. The largest absolute Gasteiger partial charge is 0.392 e. The van der Waals surface area contributed by atoms with Gasteiger partial charge >= 0.3 is 0 Å². The minimum atomic E-state index is -0.440. The SMILES string of the molecule is O[C@@H]1C[C@@H](c2nc(Cc3ccccc3)no2)N(Cc2ccc(F)cc2)C1. The third kappa shape index (κ3) is 3.81. The zero-order chi connectivity index (χ0) is 17.9. The van der Waals surface area contributed by atoms with Crippen molar-refractivity contribution >= 4 is 0 Å². The number of aromatic nitrogens is 2. The second-order valence-electron chi connectivity index (χ2n) is 6.67. The molecular weight excluding hydrogens is 333 g/mol. The molecule has 3 aromatic rings. The van der Waals surface area contributed by atoms with Crippen LogP contribution >= 0.6 is 0 Å². The highest BCUT2D eigenvalue weighted by molar-refractivity contribution is 5.19. The Morgan fingerprint density at radius 1 is 1.08 bits per heavy atom. The molecule has 0 saturated carbocycles. The molecule has 2 aromatic carbocycles. The van der Waals surface area contributed by atoms with Crippen LogP contribution in [0.2, 0.25) is 0 Å². The van der Waals surface area contributed by atoms with Crippen molar-refractivity contribution in [3.8, 4) is 0 Å². The molecule has 134 valence electrons. The van der Waals surface area contributed by atoms with Crippen LogP contribution in [0.5, 0.6) is 0 Å². The molecular formula is C20H20FN3O2. The van der Waals surface area contributed by atoms with E-state index in [1.54, 1.807) is 12.1 Å². The zero-order valence-electron chi connectivity index (χ0n) is 14.3. The Bertz CT molecular complexity index is 851. The van der Waals surface area contributed by atoms with Gasteiger partial charge in [-0.25, -0.2) is 4.39 Å². The van der Waals surface area contributed by atoms with E-state index in [4.69, 9.17) is 4.52 Å². The van der Waals surface area contributed by atoms with Crippen LogP contribution < -0.4 is 0 Å². The number of aliphatic hydroxyl groups excluding tert-OH is 1. The van der Waals surface area contributed by atoms with Gasteiger partial charge in [0.15, 0.2) is 5.82 Å². The summed E-state index contributed by atoms with van der Waals surface area (Å²) in [5.74, 6) is 0.901. The lowest BCUT2D eigenvalue weighted by molar-refractivity contribution is 0.169. The lowest BCUT2D eigenvalue weighted by Gasteiger charge is -2.21. The lowest BCUT2D eigenvalue weighted by atomic mass is 10.1. The van der Waals surface area contributed by atoms with Crippen molar-refractivity contribution in [1.82, 2.24) is 15.0 Å². The van der Waals surface area contributed by atoms with Gasteiger partial charge in [-0.2, -0.15) is 4.98 Å². The van der Waals surface area contributed by atoms with Crippen molar-refractivity contribution in [1.29, 1.82) is 0 Å². The highest BCUT2D eigenvalue weighted by Crippen LogP contribution is 2.32. The van der Waals surface area contributed by atoms with Crippen molar-refractivity contribution in [3.63, 3.8) is 0 Å². The molecule has 0 bridgehead atoms. The van der Waals surface area contributed by atoms with Crippen LogP contribution in [0.15, 0.2) is 59.1 Å². The molecule has 0 amide bonds. The Kier molecular flexibility index (Phi) is 4.77. The third-order valence-electron chi connectivity index (χ3n) is 4.65. The molecule has 2 atom stereocenters. The van der Waals surface area contributed by atoms with E-state index in [9.17, 15) is 9.50 Å². The average molecular weight is 353 g/mol. The fourth-order valence-corrected chi connectivity index (χ4v) is 3.39. The second-order valence-corrected chi connectivity index (χ2v) is 6.67. The van der Waals surface area contributed by atoms with E-state index in [0.717, 1.165) is 11.1 Å². The molecule has 0 unspecified atom stereocenters. The normalized spacial score (nSPS) is 20.5. The van der Waals surface area contributed by atoms with Gasteiger partial charge in [-0.1, -0.05) is 47.6 Å². The molecule has 4 rings (SSSR count). The molecule has 1 aliphatic rings. The van der Waals surface area contributed by atoms with Crippen LogP contribution in [0.25, 0.3) is 0 Å². The van der Waals surface area contributed by atoms with E-state index in [0.29, 0.717) is 37.6 Å². The quantitative estimate of drug-likeness (QED) is 0.764. The maximum Gasteiger partial charge on any atom is 0.244 e. The van der Waals surface area contributed by atoms with E-state index in [1.165, 1.54) is 12.1 Å². The van der Waals surface area contributed by atoms with Crippen LogP contribution in [-0.4, -0.2) is 32.8 Å². The molecule has 1 aliphatic heterocycles. The first kappa shape index (κ1) is 16.9. The average Bonchev–Trinajstić information content (AvgIpc) is 3.24. The predicted molar refractivity (Wildman–Crippen MR) is 93.7 cm³/mol. The van der Waals surface area contributed by atoms with Gasteiger partial charge in [0.25, 0.3) is 0 Å². The van der Waals surface area contributed by atoms with Crippen molar-refractivity contribution < 1.29 is 14.0 Å². The second kappa shape index (κ2) is 7.35. The Morgan fingerprint density at radius 3 is 2.62 bits per heavy atom. The Labute approximate surface area is 151 Å². The summed E-state index contributed by atoms with van der Waals surface area (Å²) in [6.45, 7) is 1.12. The number of β-amino-alcohol motifs (C(OH)–C–C–N with tert-alkyl or cyclic N) is 1. The summed E-state index contributed by atoms with van der Waals surface area (Å²) < 4.78 is 18.6. The van der Waals surface area contributed by atoms with Crippen molar-refractivity contribution in [2.75, 3.05) is 6.54 Å². The molecule has 0 aliphatic carbocycles. The molecule has 6 heteroatoms. The summed E-state index contributed by atoms with van der Waals surface area (Å²) in [5, 5.41) is 14.2. The van der Waals surface area contributed by atoms with Crippen LogP contribution in [0, 0.1) is 5.82 Å². The summed E-state index contributed by atoms with van der Waals surface area (Å²) in [6, 6.07) is 16.3. The highest BCUT2D eigenvalue weighted by atomic mass is 19.1. The van der Waals surface area contributed by atoms with Crippen LogP contribution in [0.1, 0.15) is 35.3 Å². The minimum absolute atomic E-state index is 0.132. The maximum atomic E-state index is 13.1. The van der Waals surface area contributed by atoms with Gasteiger partial charge in [0.2, 0.25) is 5.89 Å². The molecule has 5 nitrogen and oxygen atoms in total. The number of hydrogen-bond acceptors (Lipinski definition) is 5. The van der Waals surface area contributed by atoms with E-state index in [-0.39, 0.29) is 11.9 Å². The highest BCUT2D eigenvalue weighted by Gasteiger charge is 2.35. The third-order valence-corrected chi connectivity index (χ3v) is 4.65. The van der Waals surface area contributed by atoms with Gasteiger partial charge < -0.3 is 9.63 Å². The molecule has 2 heterocycles. The molecule has 0 spiro atoms. The zero-order valence-corrected chi connectivity index (χ0v) is 14.3. The topological polar surface area (TPSA) is 62.4 Å². The maximum absolute atomic E-state index is 13.1. The van der Waals surface area contributed by atoms with Crippen molar-refractivity contribution in [2.45, 2.75) is 31.5 Å². The number of likely N-dealkylation sites (tertiary alicyclic amines) is 1. The number of rotatable bonds is 5. The van der Waals surface area contributed by atoms with Gasteiger partial charge in [-0.3, -0.25) is 4.90 Å². The van der Waals surface area contributed by atoms with Gasteiger partial charge in [0, 0.05) is 19.5 Å². The number of nitrogens with zero attached hydrogens (tertiary/aromatic N) is 3. The molecule has 1 fully saturated rings. The summed E-state index contributed by atoms with van der Waals surface area (Å²) in [7, 11) is 0. The molecule has 0 radical (unpaired) electrons. The van der Waals surface area contributed by atoms with E-state index in [2.05, 4.69) is 15.0 Å². The Hall–Kier alpha value is -2.57. The summed E-state index contributed by atoms with van der Waals surface area (Å²) >= 11 is 0. The fourth-order valence-electron chi connectivity index (χ4n) is 3.39. The predicted octanol–water partition coefficient (Wildman–Crippen LogP) is 3.11. The smallest absolute Gasteiger partial charge is 0.244 e. The van der Waals surface area contributed by atoms with Crippen LogP contribution in [-0.2, 0) is 13.0 Å². The van der Waals surface area contributed by atoms with Gasteiger partial charge in [-0.15, -0.1) is 0 Å². The van der Waals surface area contributed by atoms with Crippen LogP contribution in [0.4, 0.5) is 4.39 Å². The monoisotopic (exact) mass is 353 g/mol. The standard InChI is InChI=1S/C20H20FN3O2/c21-16-8-6-15(7-9-16)12-24-13-17(25)11-18(24)20-22-19(23-26-20)10-14-4-2-1-3-5-14/h1-9,17-18,25H,10-13H2/t17-,18+/m1/s1. The number of aliphatic hydroxyl groups is 1. The number of benzene rings is 2. The molecule has 26 heavy (non-hydrogen) atoms. The lowest BCUT2D eigenvalue weighted by Crippen LogP contribution is -2.24. The first-order valence-electron chi connectivity index (χ1n) is 8.70. The van der Waals surface area contributed by atoms with Crippen molar-refractivity contribution in [3.05, 3.63) is 83.3 Å². The van der Waals surface area contributed by atoms with E-state index in [1.807, 2.05) is 30.3 Å². The molecule has 1 saturated heterocycles. The number of hydrogen-bond donors (Lipinski definition) is 1. The van der Waals surface area contributed by atoms with E-state index < -0.39 is 6.10 Å². The molecule has 1 aromatic heterocycles. The van der Waals surface area contributed by atoms with Crippen molar-refractivity contribution in [2.24, 2.45) is 0 Å². The fraction of sp³-hybridized carbons (Fsp3) is 0.300. The number of halogens is 1. The summed E-state index contributed by atoms with van der Waals surface area (Å²) in [6.07, 6.45) is 0.719. The van der Waals surface area contributed by atoms with Crippen LogP contribution in [0.3, 0.4) is 0 Å². The summed E-state index contributed by atoms with van der Waals surface area (Å²) in [4.78, 5) is 6.63. The minimum Gasteiger partial charge on any atom is -0.392 e. The van der Waals surface area contributed by atoms with Gasteiger partial charge in [0.05, 0.1) is 12.1 Å². The Morgan fingerprint density at radius 2 is 1.85 bits per heavy atom. The van der Waals surface area contributed by atoms with Gasteiger partial charge in [-0.05, 0) is 29.7 Å².